The summed E-state index contributed by atoms with van der Waals surface area (Å²) in [5.74, 6) is -0.0643. The largest absolute Gasteiger partial charge is 0.388 e. The van der Waals surface area contributed by atoms with Crippen molar-refractivity contribution in [3.05, 3.63) is 12.7 Å². The Morgan fingerprint density at radius 1 is 1.32 bits per heavy atom. The third-order valence-corrected chi connectivity index (χ3v) is 7.65. The molecule has 2 aromatic heterocycles. The number of anilines is 1. The lowest BCUT2D eigenvalue weighted by Crippen LogP contribution is -2.39. The molecule has 0 saturated carbocycles. The molecule has 0 bridgehead atoms. The number of aliphatic hydroxyl groups excluding tert-OH is 2. The third kappa shape index (κ3) is 4.27. The van der Waals surface area contributed by atoms with Gasteiger partial charge < -0.3 is 40.4 Å². The van der Waals surface area contributed by atoms with Crippen LogP contribution in [0.15, 0.2) is 12.7 Å². The summed E-state index contributed by atoms with van der Waals surface area (Å²) in [4.78, 5) is 18.3. The summed E-state index contributed by atoms with van der Waals surface area (Å²) in [6.07, 6.45) is -2.17. The fourth-order valence-electron chi connectivity index (χ4n) is 3.34. The van der Waals surface area contributed by atoms with Crippen LogP contribution in [0.3, 0.4) is 0 Å². The van der Waals surface area contributed by atoms with Crippen LogP contribution >= 0.6 is 7.60 Å². The second-order valence-corrected chi connectivity index (χ2v) is 10.8. The van der Waals surface area contributed by atoms with E-state index in [2.05, 4.69) is 9.97 Å². The van der Waals surface area contributed by atoms with E-state index in [0.717, 1.165) is 6.33 Å². The highest BCUT2D eigenvalue weighted by Gasteiger charge is 2.50. The van der Waals surface area contributed by atoms with Gasteiger partial charge in [-0.25, -0.2) is 4.98 Å². The van der Waals surface area contributed by atoms with Crippen molar-refractivity contribution in [2.45, 2.75) is 76.0 Å². The Labute approximate surface area is 178 Å². The van der Waals surface area contributed by atoms with Crippen molar-refractivity contribution >= 4 is 24.6 Å². The molecule has 0 spiro atoms. The van der Waals surface area contributed by atoms with E-state index in [0.29, 0.717) is 4.73 Å². The van der Waals surface area contributed by atoms with Crippen molar-refractivity contribution in [1.82, 2.24) is 14.5 Å². The van der Waals surface area contributed by atoms with E-state index in [-0.39, 0.29) is 29.8 Å². The van der Waals surface area contributed by atoms with Crippen molar-refractivity contribution in [2.24, 2.45) is 0 Å². The van der Waals surface area contributed by atoms with Gasteiger partial charge in [-0.05, 0) is 27.2 Å². The van der Waals surface area contributed by atoms with Crippen molar-refractivity contribution in [3.8, 4) is 0 Å². The van der Waals surface area contributed by atoms with E-state index in [1.165, 1.54) is 24.7 Å². The van der Waals surface area contributed by atoms with Gasteiger partial charge in [0.2, 0.25) is 11.2 Å². The molecule has 0 aliphatic carbocycles. The van der Waals surface area contributed by atoms with E-state index in [1.807, 2.05) is 0 Å². The molecule has 0 amide bonds. The standard InChI is InChI=1S/C17H28N5O8P/c1-5-17(4,30-31(27,28)16(2,3)25)6-9-11(23)12(24)15(29-9)21-7-19-10-13(18)22(26)8-20-14(10)21/h7-9,11-12,15,18,23-26H,5-6H2,1-4H3,(H,27,28)/p+1. The quantitative estimate of drug-likeness (QED) is 0.179. The van der Waals surface area contributed by atoms with Crippen LogP contribution in [0, 0.1) is 0 Å². The lowest BCUT2D eigenvalue weighted by atomic mass is 9.93. The van der Waals surface area contributed by atoms with Crippen LogP contribution in [0.4, 0.5) is 5.82 Å². The molecule has 0 aromatic carbocycles. The van der Waals surface area contributed by atoms with Crippen molar-refractivity contribution in [1.29, 1.82) is 0 Å². The Bertz CT molecular complexity index is 1010. The molecule has 1 aliphatic heterocycles. The molecule has 1 fully saturated rings. The zero-order valence-electron chi connectivity index (χ0n) is 17.7. The predicted octanol–water partition coefficient (Wildman–Crippen LogP) is -0.353. The van der Waals surface area contributed by atoms with E-state index in [1.54, 1.807) is 13.8 Å². The van der Waals surface area contributed by atoms with Crippen LogP contribution in [0.25, 0.3) is 11.2 Å². The van der Waals surface area contributed by atoms with Crippen LogP contribution in [0.5, 0.6) is 0 Å². The molecular formula is C17H29N5O8P+. The van der Waals surface area contributed by atoms with Gasteiger partial charge in [0.1, 0.15) is 18.5 Å². The first-order valence-electron chi connectivity index (χ1n) is 9.70. The van der Waals surface area contributed by atoms with Gasteiger partial charge >= 0.3 is 7.60 Å². The maximum absolute atomic E-state index is 12.5. The molecule has 1 aliphatic rings. The SMILES string of the molecule is CCC(C)(CC1OC(n2cnc3c(N)[n+](O)cnc32)C(O)C1O)OP(=O)(O)C(C)(C)O. The number of ether oxygens (including phenoxy) is 1. The smallest absolute Gasteiger partial charge is 0.359 e. The fraction of sp³-hybridized carbons (Fsp3) is 0.706. The van der Waals surface area contributed by atoms with Crippen LogP contribution in [-0.2, 0) is 13.8 Å². The molecule has 6 atom stereocenters. The topological polar surface area (TPSA) is 197 Å². The number of fused-ring (bicyclic) bond motifs is 1. The second kappa shape index (κ2) is 7.93. The van der Waals surface area contributed by atoms with E-state index in [4.69, 9.17) is 15.0 Å². The van der Waals surface area contributed by atoms with Gasteiger partial charge in [-0.3, -0.25) is 9.13 Å². The van der Waals surface area contributed by atoms with Crippen molar-refractivity contribution in [3.63, 3.8) is 0 Å². The zero-order chi connectivity index (χ0) is 23.4. The first-order valence-corrected chi connectivity index (χ1v) is 11.3. The van der Waals surface area contributed by atoms with Crippen molar-refractivity contribution in [2.75, 3.05) is 5.73 Å². The number of aliphatic hydroxyl groups is 3. The molecule has 1 saturated heterocycles. The molecule has 2 aromatic rings. The highest BCUT2D eigenvalue weighted by Crippen LogP contribution is 2.57. The zero-order valence-corrected chi connectivity index (χ0v) is 18.5. The summed E-state index contributed by atoms with van der Waals surface area (Å²) in [6.45, 7) is 5.62. The molecule has 13 nitrogen and oxygen atoms in total. The number of rotatable bonds is 7. The fourth-order valence-corrected chi connectivity index (χ4v) is 4.36. The van der Waals surface area contributed by atoms with Gasteiger partial charge in [0.05, 0.1) is 11.7 Å². The average Bonchev–Trinajstić information content (AvgIpc) is 3.20. The summed E-state index contributed by atoms with van der Waals surface area (Å²) in [6, 6.07) is 0. The van der Waals surface area contributed by atoms with Crippen LogP contribution in [0.2, 0.25) is 0 Å². The maximum Gasteiger partial charge on any atom is 0.359 e. The lowest BCUT2D eigenvalue weighted by Gasteiger charge is -2.36. The number of aromatic nitrogens is 4. The number of hydrogen-bond donors (Lipinski definition) is 6. The third-order valence-electron chi connectivity index (χ3n) is 5.57. The van der Waals surface area contributed by atoms with E-state index >= 15 is 0 Å². The van der Waals surface area contributed by atoms with Gasteiger partial charge in [-0.1, -0.05) is 16.6 Å². The minimum absolute atomic E-state index is 0.0440. The van der Waals surface area contributed by atoms with Gasteiger partial charge in [-0.2, -0.15) is 0 Å². The Morgan fingerprint density at radius 3 is 2.55 bits per heavy atom. The molecule has 6 unspecified atom stereocenters. The van der Waals surface area contributed by atoms with E-state index in [9.17, 15) is 30.0 Å². The highest BCUT2D eigenvalue weighted by molar-refractivity contribution is 7.54. The first kappa shape index (κ1) is 23.8. The Kier molecular flexibility index (Phi) is 6.08. The lowest BCUT2D eigenvalue weighted by molar-refractivity contribution is -0.894. The van der Waals surface area contributed by atoms with Gasteiger partial charge in [-0.15, -0.1) is 0 Å². The predicted molar refractivity (Wildman–Crippen MR) is 106 cm³/mol. The molecule has 14 heteroatoms. The Balaban J connectivity index is 1.85. The van der Waals surface area contributed by atoms with Crippen molar-refractivity contribution < 1.29 is 44.0 Å². The molecule has 31 heavy (non-hydrogen) atoms. The normalized spacial score (nSPS) is 28.5. The summed E-state index contributed by atoms with van der Waals surface area (Å²) in [5.41, 5.74) is 4.92. The van der Waals surface area contributed by atoms with Crippen LogP contribution < -0.4 is 10.5 Å². The average molecular weight is 462 g/mol. The number of hydrogen-bond acceptors (Lipinski definition) is 10. The van der Waals surface area contributed by atoms with Gasteiger partial charge in [0, 0.05) is 6.42 Å². The maximum atomic E-state index is 12.5. The van der Waals surface area contributed by atoms with Gasteiger partial charge in [0.15, 0.2) is 11.6 Å². The molecule has 3 rings (SSSR count). The summed E-state index contributed by atoms with van der Waals surface area (Å²) >= 11 is 0. The number of nitrogens with zero attached hydrogens (tertiary/aromatic N) is 4. The van der Waals surface area contributed by atoms with Crippen LogP contribution in [0.1, 0.15) is 46.8 Å². The summed E-state index contributed by atoms with van der Waals surface area (Å²) in [7, 11) is -4.42. The monoisotopic (exact) mass is 462 g/mol. The van der Waals surface area contributed by atoms with Gasteiger partial charge in [0.25, 0.3) is 12.1 Å². The molecular weight excluding hydrogens is 433 g/mol. The highest BCUT2D eigenvalue weighted by atomic mass is 31.2. The Morgan fingerprint density at radius 2 is 1.97 bits per heavy atom. The Hall–Kier alpha value is -1.86. The summed E-state index contributed by atoms with van der Waals surface area (Å²) in [5, 5.41) is 38.8. The first-order chi connectivity index (χ1) is 14.2. The molecule has 0 radical (unpaired) electrons. The minimum atomic E-state index is -4.42. The second-order valence-electron chi connectivity index (χ2n) is 8.46. The molecule has 174 valence electrons. The number of imidazole rings is 1. The minimum Gasteiger partial charge on any atom is -0.388 e. The van der Waals surface area contributed by atoms with Crippen LogP contribution in [-0.4, -0.2) is 69.2 Å². The van der Waals surface area contributed by atoms with E-state index < -0.39 is 43.1 Å². The summed E-state index contributed by atoms with van der Waals surface area (Å²) < 4.78 is 25.7. The number of nitrogens with two attached hydrogens (primary N) is 1. The molecule has 7 N–H and O–H groups in total. The molecule has 3 heterocycles. The number of nitrogen functional groups attached to an aromatic ring is 1.